The number of nitrogens with zero attached hydrogens (tertiary/aromatic N) is 3. The predicted molar refractivity (Wildman–Crippen MR) is 124 cm³/mol. The van der Waals surface area contributed by atoms with Crippen molar-refractivity contribution in [3.63, 3.8) is 0 Å². The highest BCUT2D eigenvalue weighted by Crippen LogP contribution is 2.28. The van der Waals surface area contributed by atoms with Gasteiger partial charge in [-0.15, -0.1) is 24.0 Å². The number of hydrogen-bond acceptors (Lipinski definition) is 5. The van der Waals surface area contributed by atoms with Crippen molar-refractivity contribution in [1.29, 1.82) is 0 Å². The molecule has 1 aliphatic heterocycles. The first-order valence-electron chi connectivity index (χ1n) is 9.77. The Bertz CT molecular complexity index is 649. The zero-order valence-corrected chi connectivity index (χ0v) is 20.0. The second-order valence-electron chi connectivity index (χ2n) is 7.47. The van der Waals surface area contributed by atoms with Crippen LogP contribution in [0.4, 0.5) is 19.0 Å². The summed E-state index contributed by atoms with van der Waals surface area (Å²) in [6, 6.07) is 2.36. The summed E-state index contributed by atoms with van der Waals surface area (Å²) in [6.45, 7) is 9.76. The van der Waals surface area contributed by atoms with Crippen LogP contribution in [0.1, 0.15) is 25.8 Å². The molecule has 30 heavy (non-hydrogen) atoms. The maximum Gasteiger partial charge on any atom is 0.417 e. The molecule has 1 saturated heterocycles. The monoisotopic (exact) mass is 544 g/mol. The molecule has 1 aromatic rings. The van der Waals surface area contributed by atoms with Gasteiger partial charge in [0, 0.05) is 51.5 Å². The van der Waals surface area contributed by atoms with Gasteiger partial charge in [-0.05, 0) is 32.4 Å². The van der Waals surface area contributed by atoms with Gasteiger partial charge in [-0.1, -0.05) is 0 Å². The van der Waals surface area contributed by atoms with Gasteiger partial charge in [0.15, 0.2) is 5.96 Å². The lowest BCUT2D eigenvalue weighted by Crippen LogP contribution is -2.56. The van der Waals surface area contributed by atoms with Crippen molar-refractivity contribution in [3.8, 4) is 0 Å². The number of ether oxygens (including phenoxy) is 1. The highest BCUT2D eigenvalue weighted by molar-refractivity contribution is 14.0. The van der Waals surface area contributed by atoms with Crippen molar-refractivity contribution < 1.29 is 17.9 Å². The van der Waals surface area contributed by atoms with Gasteiger partial charge in [0.25, 0.3) is 0 Å². The molecule has 0 amide bonds. The molecule has 0 spiro atoms. The highest BCUT2D eigenvalue weighted by Gasteiger charge is 2.30. The zero-order valence-electron chi connectivity index (χ0n) is 17.7. The van der Waals surface area contributed by atoms with E-state index in [0.29, 0.717) is 18.9 Å². The van der Waals surface area contributed by atoms with Gasteiger partial charge in [0.2, 0.25) is 0 Å². The first-order valence-corrected chi connectivity index (χ1v) is 9.77. The van der Waals surface area contributed by atoms with Crippen LogP contribution >= 0.6 is 24.0 Å². The Labute approximate surface area is 193 Å². The number of aromatic nitrogens is 1. The molecule has 0 atom stereocenters. The van der Waals surface area contributed by atoms with Crippen molar-refractivity contribution in [3.05, 3.63) is 23.9 Å². The van der Waals surface area contributed by atoms with Gasteiger partial charge in [-0.2, -0.15) is 13.2 Å². The Morgan fingerprint density at radius 2 is 1.87 bits per heavy atom. The molecule has 0 saturated carbocycles. The number of anilines is 1. The van der Waals surface area contributed by atoms with E-state index in [9.17, 15) is 13.2 Å². The van der Waals surface area contributed by atoms with Crippen LogP contribution < -0.4 is 16.0 Å². The third-order valence-electron chi connectivity index (χ3n) is 4.82. The van der Waals surface area contributed by atoms with Gasteiger partial charge in [0.1, 0.15) is 5.82 Å². The van der Waals surface area contributed by atoms with Crippen LogP contribution in [0.3, 0.4) is 0 Å². The first kappa shape index (κ1) is 26.7. The third kappa shape index (κ3) is 8.80. The second-order valence-corrected chi connectivity index (χ2v) is 7.47. The summed E-state index contributed by atoms with van der Waals surface area (Å²) in [5.41, 5.74) is -0.767. The average molecular weight is 544 g/mol. The van der Waals surface area contributed by atoms with Gasteiger partial charge < -0.3 is 20.7 Å². The fraction of sp³-hybridized carbons (Fsp3) is 0.684. The largest absolute Gasteiger partial charge is 0.417 e. The highest BCUT2D eigenvalue weighted by atomic mass is 127. The number of morpholine rings is 1. The molecule has 7 nitrogen and oxygen atoms in total. The molecule has 0 aromatic carbocycles. The molecular weight excluding hydrogens is 512 g/mol. The van der Waals surface area contributed by atoms with Crippen LogP contribution in [0.2, 0.25) is 0 Å². The maximum absolute atomic E-state index is 12.5. The third-order valence-corrected chi connectivity index (χ3v) is 4.82. The summed E-state index contributed by atoms with van der Waals surface area (Å²) in [7, 11) is 1.72. The SMILES string of the molecule is CN=C(NCCCNc1ccc(C(F)(F)F)cn1)NCC(C)(C)N1CCOCC1.I. The minimum absolute atomic E-state index is 0. The molecule has 0 radical (unpaired) electrons. The number of guanidine groups is 1. The standard InChI is InChI=1S/C19H31F3N6O.HI/c1-18(2,28-9-11-29-12-10-28)14-27-17(23-3)25-8-4-7-24-16-6-5-15(13-26-16)19(20,21)22;/h5-6,13H,4,7-12,14H2,1-3H3,(H,24,26)(H2,23,25,27);1H. The topological polar surface area (TPSA) is 73.8 Å². The number of hydrogen-bond donors (Lipinski definition) is 3. The Kier molecular flexibility index (Phi) is 11.1. The van der Waals surface area contributed by atoms with Crippen LogP contribution in [0.5, 0.6) is 0 Å². The molecule has 0 unspecified atom stereocenters. The molecule has 3 N–H and O–H groups in total. The predicted octanol–water partition coefficient (Wildman–Crippen LogP) is 2.80. The molecule has 172 valence electrons. The van der Waals surface area contributed by atoms with Crippen LogP contribution in [0.15, 0.2) is 23.3 Å². The first-order chi connectivity index (χ1) is 13.7. The van der Waals surface area contributed by atoms with Crippen molar-refractivity contribution >= 4 is 35.8 Å². The number of aliphatic imine (C=N–C) groups is 1. The zero-order chi connectivity index (χ0) is 21.3. The van der Waals surface area contributed by atoms with E-state index in [2.05, 4.69) is 44.7 Å². The van der Waals surface area contributed by atoms with E-state index in [1.807, 2.05) is 0 Å². The summed E-state index contributed by atoms with van der Waals surface area (Å²) in [6.07, 6.45) is -2.77. The van der Waals surface area contributed by atoms with E-state index in [-0.39, 0.29) is 29.5 Å². The van der Waals surface area contributed by atoms with Gasteiger partial charge >= 0.3 is 6.18 Å². The fourth-order valence-electron chi connectivity index (χ4n) is 2.98. The number of nitrogens with one attached hydrogen (secondary N) is 3. The van der Waals surface area contributed by atoms with E-state index >= 15 is 0 Å². The van der Waals surface area contributed by atoms with Crippen LogP contribution in [0, 0.1) is 0 Å². The van der Waals surface area contributed by atoms with E-state index < -0.39 is 11.7 Å². The molecule has 1 aromatic heterocycles. The molecule has 0 bridgehead atoms. The summed E-state index contributed by atoms with van der Waals surface area (Å²) < 4.78 is 43.0. The smallest absolute Gasteiger partial charge is 0.379 e. The molecule has 0 aliphatic carbocycles. The lowest BCUT2D eigenvalue weighted by molar-refractivity contribution is -0.137. The summed E-state index contributed by atoms with van der Waals surface area (Å²) >= 11 is 0. The van der Waals surface area contributed by atoms with Crippen molar-refractivity contribution in [1.82, 2.24) is 20.5 Å². The van der Waals surface area contributed by atoms with E-state index in [1.165, 1.54) is 6.07 Å². The van der Waals surface area contributed by atoms with Crippen LogP contribution in [-0.4, -0.2) is 74.4 Å². The lowest BCUT2D eigenvalue weighted by Gasteiger charge is -2.41. The maximum atomic E-state index is 12.5. The minimum atomic E-state index is -4.37. The van der Waals surface area contributed by atoms with Crippen molar-refractivity contribution in [2.45, 2.75) is 32.0 Å². The number of rotatable bonds is 8. The van der Waals surface area contributed by atoms with Gasteiger partial charge in [-0.25, -0.2) is 4.98 Å². The van der Waals surface area contributed by atoms with E-state index in [0.717, 1.165) is 57.5 Å². The molecule has 2 rings (SSSR count). The van der Waals surface area contributed by atoms with Gasteiger partial charge in [0.05, 0.1) is 18.8 Å². The molecule has 11 heteroatoms. The quantitative estimate of drug-likeness (QED) is 0.203. The van der Waals surface area contributed by atoms with Crippen molar-refractivity contribution in [2.24, 2.45) is 4.99 Å². The Balaban J connectivity index is 0.00000450. The van der Waals surface area contributed by atoms with Crippen LogP contribution in [-0.2, 0) is 10.9 Å². The fourth-order valence-corrected chi connectivity index (χ4v) is 2.98. The average Bonchev–Trinajstić information content (AvgIpc) is 2.70. The molecule has 2 heterocycles. The molecular formula is C19H32F3IN6O. The lowest BCUT2D eigenvalue weighted by atomic mass is 10.0. The van der Waals surface area contributed by atoms with E-state index in [1.54, 1.807) is 7.05 Å². The summed E-state index contributed by atoms with van der Waals surface area (Å²) in [4.78, 5) is 10.4. The number of alkyl halides is 3. The number of pyridine rings is 1. The second kappa shape index (κ2) is 12.5. The molecule has 1 aliphatic rings. The Hall–Kier alpha value is -1.34. The Morgan fingerprint density at radius 1 is 1.17 bits per heavy atom. The van der Waals surface area contributed by atoms with Crippen LogP contribution in [0.25, 0.3) is 0 Å². The van der Waals surface area contributed by atoms with Crippen molar-refractivity contribution in [2.75, 3.05) is 58.3 Å². The minimum Gasteiger partial charge on any atom is -0.379 e. The summed E-state index contributed by atoms with van der Waals surface area (Å²) in [5, 5.41) is 9.62. The van der Waals surface area contributed by atoms with Gasteiger partial charge in [-0.3, -0.25) is 9.89 Å². The molecule has 1 fully saturated rings. The normalized spacial score (nSPS) is 16.0. The summed E-state index contributed by atoms with van der Waals surface area (Å²) in [5.74, 6) is 1.15. The van der Waals surface area contributed by atoms with E-state index in [4.69, 9.17) is 4.74 Å². The number of halogens is 4. The Morgan fingerprint density at radius 3 is 2.43 bits per heavy atom.